The van der Waals surface area contributed by atoms with E-state index in [1.165, 1.54) is 3.59 Å². The molecular weight excluding hydrogens is 330 g/mol. The fourth-order valence-corrected chi connectivity index (χ4v) is 2.66. The first-order valence-electron chi connectivity index (χ1n) is 5.90. The van der Waals surface area contributed by atoms with E-state index in [4.69, 9.17) is 0 Å². The molecule has 1 heterocycles. The summed E-state index contributed by atoms with van der Waals surface area (Å²) in [4.78, 5) is 2.89. The zero-order valence-corrected chi connectivity index (χ0v) is 11.7. The molecule has 1 unspecified atom stereocenters. The fraction of sp³-hybridized carbons (Fsp3) is 0.0714. The lowest BCUT2D eigenvalue weighted by Gasteiger charge is -2.04. The number of aliphatic hydroxyl groups is 1. The number of halogens is 3. The Morgan fingerprint density at radius 2 is 1.75 bits per heavy atom. The number of nitrogens with one attached hydrogen (secondary N) is 1. The van der Waals surface area contributed by atoms with Gasteiger partial charge in [0.15, 0.2) is 44.9 Å². The van der Waals surface area contributed by atoms with Crippen LogP contribution in [0.2, 0.25) is 0 Å². The summed E-state index contributed by atoms with van der Waals surface area (Å²) in [5, 5.41) is 10.3. The number of aliphatic hydroxyl groups excluding tert-OH is 1. The number of hydrogen-bond donors (Lipinski definition) is 2. The molecule has 6 heteroatoms. The zero-order valence-electron chi connectivity index (χ0n) is 10.1. The molecule has 3 nitrogen and oxygen atoms in total. The number of imidazole rings is 1. The number of benzene rings is 2. The van der Waals surface area contributed by atoms with Crippen molar-refractivity contribution in [1.82, 2.24) is 4.98 Å². The van der Waals surface area contributed by atoms with Gasteiger partial charge in [-0.2, -0.15) is 3.59 Å². The minimum absolute atomic E-state index is 0.385. The van der Waals surface area contributed by atoms with E-state index in [0.29, 0.717) is 22.4 Å². The summed E-state index contributed by atoms with van der Waals surface area (Å²) >= 11 is 3.24. The molecule has 0 aliphatic carbocycles. The molecule has 0 bridgehead atoms. The Hall–Kier alpha value is -1.79. The lowest BCUT2D eigenvalue weighted by Crippen LogP contribution is -2.26. The molecule has 1 aromatic heterocycles. The largest absolute Gasteiger partial charge is 0.376 e. The second kappa shape index (κ2) is 4.96. The Morgan fingerprint density at radius 1 is 1.10 bits per heavy atom. The van der Waals surface area contributed by atoms with E-state index in [9.17, 15) is 13.9 Å². The van der Waals surface area contributed by atoms with Crippen molar-refractivity contribution in [2.45, 2.75) is 6.10 Å². The predicted octanol–water partition coefficient (Wildman–Crippen LogP) is 2.97. The van der Waals surface area contributed by atoms with Crippen molar-refractivity contribution in [3.8, 4) is 0 Å². The van der Waals surface area contributed by atoms with E-state index in [0.717, 1.165) is 12.1 Å². The molecule has 2 N–H and O–H groups in total. The van der Waals surface area contributed by atoms with Gasteiger partial charge in [0.05, 0.1) is 0 Å². The molecule has 0 radical (unpaired) electrons. The van der Waals surface area contributed by atoms with Gasteiger partial charge in [-0.3, -0.25) is 0 Å². The number of aromatic amines is 1. The minimum Gasteiger partial charge on any atom is -0.376 e. The van der Waals surface area contributed by atoms with Crippen LogP contribution >= 0.6 is 16.1 Å². The molecule has 0 saturated carbocycles. The lowest BCUT2D eigenvalue weighted by molar-refractivity contribution is -0.459. The highest BCUT2D eigenvalue weighted by Gasteiger charge is 2.26. The summed E-state index contributed by atoms with van der Waals surface area (Å²) in [6.45, 7) is 0. The third-order valence-corrected chi connectivity index (χ3v) is 3.86. The number of hydrogen-bond acceptors (Lipinski definition) is 1. The van der Waals surface area contributed by atoms with Crippen molar-refractivity contribution < 1.29 is 17.5 Å². The number of aromatic nitrogens is 2. The normalized spacial score (nSPS) is 12.8. The van der Waals surface area contributed by atoms with Gasteiger partial charge in [-0.05, 0) is 5.56 Å². The number of nitrogens with zero attached hydrogens (tertiary/aromatic N) is 1. The van der Waals surface area contributed by atoms with Gasteiger partial charge >= 0.3 is 0 Å². The van der Waals surface area contributed by atoms with Crippen LogP contribution in [0.5, 0.6) is 0 Å². The van der Waals surface area contributed by atoms with E-state index in [1.807, 2.05) is 6.07 Å². The van der Waals surface area contributed by atoms with Crippen molar-refractivity contribution in [2.24, 2.45) is 0 Å². The maximum absolute atomic E-state index is 13.3. The van der Waals surface area contributed by atoms with Gasteiger partial charge in [-0.1, -0.05) is 30.3 Å². The van der Waals surface area contributed by atoms with Gasteiger partial charge in [0.1, 0.15) is 0 Å². The molecule has 0 spiro atoms. The lowest BCUT2D eigenvalue weighted by atomic mass is 10.1. The van der Waals surface area contributed by atoms with Crippen LogP contribution < -0.4 is 3.59 Å². The summed E-state index contributed by atoms with van der Waals surface area (Å²) in [6.07, 6.45) is -0.936. The van der Waals surface area contributed by atoms with Crippen molar-refractivity contribution >= 4 is 27.2 Å². The van der Waals surface area contributed by atoms with Gasteiger partial charge in [-0.15, -0.1) is 0 Å². The van der Waals surface area contributed by atoms with E-state index < -0.39 is 17.7 Å². The van der Waals surface area contributed by atoms with Gasteiger partial charge in [0.2, 0.25) is 0 Å². The van der Waals surface area contributed by atoms with Crippen molar-refractivity contribution in [3.05, 3.63) is 65.5 Å². The zero-order chi connectivity index (χ0) is 14.3. The van der Waals surface area contributed by atoms with E-state index in [-0.39, 0.29) is 0 Å². The predicted molar refractivity (Wildman–Crippen MR) is 73.2 cm³/mol. The molecule has 3 rings (SSSR count). The molecule has 1 atom stereocenters. The van der Waals surface area contributed by atoms with Gasteiger partial charge in [0, 0.05) is 12.1 Å². The van der Waals surface area contributed by atoms with Crippen molar-refractivity contribution in [1.29, 1.82) is 0 Å². The summed E-state index contributed by atoms with van der Waals surface area (Å²) in [7, 11) is 0. The molecule has 0 saturated heterocycles. The first-order chi connectivity index (χ1) is 9.58. The monoisotopic (exact) mass is 339 g/mol. The van der Waals surface area contributed by atoms with Crippen LogP contribution in [0.25, 0.3) is 11.0 Å². The van der Waals surface area contributed by atoms with Gasteiger partial charge < -0.3 is 5.11 Å². The Kier molecular flexibility index (Phi) is 3.27. The Bertz CT molecular complexity index is 774. The Balaban J connectivity index is 2.15. The topological polar surface area (TPSA) is 39.9 Å². The van der Waals surface area contributed by atoms with Crippen LogP contribution in [-0.2, 0) is 0 Å². The van der Waals surface area contributed by atoms with Crippen LogP contribution in [0, 0.1) is 11.6 Å². The highest BCUT2D eigenvalue weighted by molar-refractivity contribution is 9.04. The fourth-order valence-electron chi connectivity index (χ4n) is 2.08. The highest BCUT2D eigenvalue weighted by Crippen LogP contribution is 2.23. The van der Waals surface area contributed by atoms with Crippen LogP contribution in [0.15, 0.2) is 42.5 Å². The van der Waals surface area contributed by atoms with Crippen LogP contribution in [0.1, 0.15) is 17.5 Å². The maximum Gasteiger partial charge on any atom is 0.300 e. The van der Waals surface area contributed by atoms with Crippen molar-refractivity contribution in [2.75, 3.05) is 0 Å². The van der Waals surface area contributed by atoms with Gasteiger partial charge in [0.25, 0.3) is 5.82 Å². The summed E-state index contributed by atoms with van der Waals surface area (Å²) in [5.41, 5.74) is 1.48. The molecule has 0 amide bonds. The van der Waals surface area contributed by atoms with Gasteiger partial charge in [-0.25, -0.2) is 13.8 Å². The second-order valence-corrected chi connectivity index (χ2v) is 5.10. The van der Waals surface area contributed by atoms with Crippen LogP contribution in [0.4, 0.5) is 8.78 Å². The quantitative estimate of drug-likeness (QED) is 0.740. The molecule has 102 valence electrons. The molecule has 20 heavy (non-hydrogen) atoms. The Morgan fingerprint density at radius 3 is 2.45 bits per heavy atom. The SMILES string of the molecule is OC(c1ccccc1)c1[nH]c2cc(F)c(F)cc2[n+]1Br. The van der Waals surface area contributed by atoms with Crippen LogP contribution in [0.3, 0.4) is 0 Å². The summed E-state index contributed by atoms with van der Waals surface area (Å²) in [5.74, 6) is -1.49. The molecule has 0 fully saturated rings. The average molecular weight is 340 g/mol. The molecule has 0 aliphatic heterocycles. The number of H-pyrrole nitrogens is 1. The highest BCUT2D eigenvalue weighted by atomic mass is 79.9. The molecular formula is C14H10BrF2N2O+. The third-order valence-electron chi connectivity index (χ3n) is 3.10. The van der Waals surface area contributed by atoms with E-state index >= 15 is 0 Å². The van der Waals surface area contributed by atoms with Crippen molar-refractivity contribution in [3.63, 3.8) is 0 Å². The first kappa shape index (κ1) is 13.2. The summed E-state index contributed by atoms with van der Waals surface area (Å²) < 4.78 is 27.9. The maximum atomic E-state index is 13.3. The third kappa shape index (κ3) is 2.10. The average Bonchev–Trinajstić information content (AvgIpc) is 2.77. The van der Waals surface area contributed by atoms with Crippen LogP contribution in [-0.4, -0.2) is 10.1 Å². The molecule has 3 aromatic rings. The standard InChI is InChI=1S/C14H9BrF2N2O/c15-19-12-7-10(17)9(16)6-11(12)18-14(19)13(20)8-4-2-1-3-5-8/h1-7,13,20H/p+1. The number of fused-ring (bicyclic) bond motifs is 1. The Labute approximate surface area is 121 Å². The second-order valence-electron chi connectivity index (χ2n) is 4.39. The van der Waals surface area contributed by atoms with E-state index in [2.05, 4.69) is 21.1 Å². The molecule has 2 aromatic carbocycles. The minimum atomic E-state index is -0.939. The van der Waals surface area contributed by atoms with E-state index in [1.54, 1.807) is 24.3 Å². The number of rotatable bonds is 2. The first-order valence-corrected chi connectivity index (χ1v) is 6.60. The summed E-state index contributed by atoms with van der Waals surface area (Å²) in [6, 6.07) is 11.1. The molecule has 0 aliphatic rings. The smallest absolute Gasteiger partial charge is 0.300 e.